The van der Waals surface area contributed by atoms with Crippen LogP contribution in [0.1, 0.15) is 29.7 Å². The molecule has 110 valence electrons. The minimum Gasteiger partial charge on any atom is -0.486 e. The van der Waals surface area contributed by atoms with Crippen molar-refractivity contribution in [2.45, 2.75) is 19.4 Å². The molecule has 1 heterocycles. The van der Waals surface area contributed by atoms with Crippen LogP contribution in [0.15, 0.2) is 36.4 Å². The molecule has 1 aliphatic heterocycles. The summed E-state index contributed by atoms with van der Waals surface area (Å²) in [6.45, 7) is 3.13. The zero-order valence-corrected chi connectivity index (χ0v) is 12.6. The summed E-state index contributed by atoms with van der Waals surface area (Å²) < 4.78 is 11.0. The first-order valence-corrected chi connectivity index (χ1v) is 7.42. The molecule has 1 aliphatic rings. The number of halogens is 1. The van der Waals surface area contributed by atoms with Crippen LogP contribution in [0.5, 0.6) is 11.5 Å². The van der Waals surface area contributed by atoms with Crippen molar-refractivity contribution < 1.29 is 14.6 Å². The maximum atomic E-state index is 10.6. The SMILES string of the molecule is CCc1ccc(C(O)c2cc3c(cc2Cl)OCCO3)cc1. The van der Waals surface area contributed by atoms with Crippen LogP contribution >= 0.6 is 11.6 Å². The molecular weight excluding hydrogens is 288 g/mol. The van der Waals surface area contributed by atoms with E-state index in [2.05, 4.69) is 6.92 Å². The molecule has 2 aromatic rings. The highest BCUT2D eigenvalue weighted by Crippen LogP contribution is 2.39. The maximum Gasteiger partial charge on any atom is 0.162 e. The van der Waals surface area contributed by atoms with Crippen LogP contribution in [0.4, 0.5) is 0 Å². The first-order chi connectivity index (χ1) is 10.2. The average Bonchev–Trinajstić information content (AvgIpc) is 2.53. The second-order valence-corrected chi connectivity index (χ2v) is 5.42. The van der Waals surface area contributed by atoms with Gasteiger partial charge in [-0.25, -0.2) is 0 Å². The van der Waals surface area contributed by atoms with Crippen molar-refractivity contribution in [3.05, 3.63) is 58.1 Å². The number of benzene rings is 2. The largest absolute Gasteiger partial charge is 0.486 e. The summed E-state index contributed by atoms with van der Waals surface area (Å²) >= 11 is 6.27. The summed E-state index contributed by atoms with van der Waals surface area (Å²) in [6.07, 6.45) is 0.195. The number of aliphatic hydroxyl groups is 1. The average molecular weight is 305 g/mol. The molecule has 0 saturated heterocycles. The standard InChI is InChI=1S/C17H17ClO3/c1-2-11-3-5-12(6-4-11)17(19)13-9-15-16(10-14(13)18)21-8-7-20-15/h3-6,9-10,17,19H,2,7-8H2,1H3. The number of hydrogen-bond donors (Lipinski definition) is 1. The molecule has 0 amide bonds. The summed E-state index contributed by atoms with van der Waals surface area (Å²) in [7, 11) is 0. The third-order valence-electron chi connectivity index (χ3n) is 3.66. The predicted molar refractivity (Wildman–Crippen MR) is 82.3 cm³/mol. The Balaban J connectivity index is 1.94. The third-order valence-corrected chi connectivity index (χ3v) is 3.99. The monoisotopic (exact) mass is 304 g/mol. The molecule has 1 N–H and O–H groups in total. The summed E-state index contributed by atoms with van der Waals surface area (Å²) in [4.78, 5) is 0. The molecule has 4 heteroatoms. The zero-order valence-electron chi connectivity index (χ0n) is 11.8. The molecule has 0 radical (unpaired) electrons. The molecule has 0 fully saturated rings. The summed E-state index contributed by atoms with van der Waals surface area (Å²) in [6, 6.07) is 11.4. The zero-order chi connectivity index (χ0) is 14.8. The number of aliphatic hydroxyl groups excluding tert-OH is 1. The maximum absolute atomic E-state index is 10.6. The quantitative estimate of drug-likeness (QED) is 0.938. The fourth-order valence-corrected chi connectivity index (χ4v) is 2.66. The first-order valence-electron chi connectivity index (χ1n) is 7.05. The van der Waals surface area contributed by atoms with Gasteiger partial charge in [0.2, 0.25) is 0 Å². The van der Waals surface area contributed by atoms with Crippen LogP contribution in [-0.2, 0) is 6.42 Å². The molecular formula is C17H17ClO3. The number of rotatable bonds is 3. The Morgan fingerprint density at radius 1 is 1.10 bits per heavy atom. The van der Waals surface area contributed by atoms with Gasteiger partial charge in [-0.2, -0.15) is 0 Å². The lowest BCUT2D eigenvalue weighted by molar-refractivity contribution is 0.169. The third kappa shape index (κ3) is 2.85. The Kier molecular flexibility index (Phi) is 4.04. The van der Waals surface area contributed by atoms with Crippen LogP contribution in [-0.4, -0.2) is 18.3 Å². The van der Waals surface area contributed by atoms with E-state index in [0.29, 0.717) is 35.3 Å². The predicted octanol–water partition coefficient (Wildman–Crippen LogP) is 3.76. The number of fused-ring (bicyclic) bond motifs is 1. The summed E-state index contributed by atoms with van der Waals surface area (Å²) in [5.74, 6) is 1.26. The molecule has 1 atom stereocenters. The van der Waals surface area contributed by atoms with Gasteiger partial charge in [-0.05, 0) is 23.6 Å². The van der Waals surface area contributed by atoms with Gasteiger partial charge in [0, 0.05) is 11.6 Å². The normalized spacial score (nSPS) is 14.8. The van der Waals surface area contributed by atoms with Crippen molar-refractivity contribution in [1.82, 2.24) is 0 Å². The van der Waals surface area contributed by atoms with E-state index >= 15 is 0 Å². The molecule has 0 spiro atoms. The van der Waals surface area contributed by atoms with Crippen LogP contribution < -0.4 is 9.47 Å². The van der Waals surface area contributed by atoms with Crippen molar-refractivity contribution in [2.75, 3.05) is 13.2 Å². The Labute approximate surface area is 129 Å². The Hall–Kier alpha value is -1.71. The summed E-state index contributed by atoms with van der Waals surface area (Å²) in [5, 5.41) is 11.0. The van der Waals surface area contributed by atoms with E-state index < -0.39 is 6.10 Å². The second-order valence-electron chi connectivity index (χ2n) is 5.02. The van der Waals surface area contributed by atoms with Crippen molar-refractivity contribution in [3.8, 4) is 11.5 Å². The minimum atomic E-state index is -0.778. The molecule has 0 aliphatic carbocycles. The van der Waals surface area contributed by atoms with Crippen LogP contribution in [0, 0.1) is 0 Å². The van der Waals surface area contributed by atoms with E-state index in [0.717, 1.165) is 12.0 Å². The van der Waals surface area contributed by atoms with Crippen molar-refractivity contribution in [1.29, 1.82) is 0 Å². The van der Waals surface area contributed by atoms with Crippen molar-refractivity contribution in [3.63, 3.8) is 0 Å². The molecule has 0 bridgehead atoms. The fourth-order valence-electron chi connectivity index (χ4n) is 2.40. The number of hydrogen-bond acceptors (Lipinski definition) is 3. The van der Waals surface area contributed by atoms with E-state index in [4.69, 9.17) is 21.1 Å². The highest BCUT2D eigenvalue weighted by Gasteiger charge is 2.20. The van der Waals surface area contributed by atoms with Gasteiger partial charge >= 0.3 is 0 Å². The van der Waals surface area contributed by atoms with Gasteiger partial charge in [0.25, 0.3) is 0 Å². The van der Waals surface area contributed by atoms with E-state index in [1.165, 1.54) is 5.56 Å². The first kappa shape index (κ1) is 14.2. The molecule has 2 aromatic carbocycles. The van der Waals surface area contributed by atoms with Crippen LogP contribution in [0.3, 0.4) is 0 Å². The van der Waals surface area contributed by atoms with Gasteiger partial charge in [0.05, 0.1) is 5.02 Å². The lowest BCUT2D eigenvalue weighted by Gasteiger charge is -2.21. The minimum absolute atomic E-state index is 0.478. The Morgan fingerprint density at radius 3 is 2.33 bits per heavy atom. The summed E-state index contributed by atoms with van der Waals surface area (Å²) in [5.41, 5.74) is 2.68. The van der Waals surface area contributed by atoms with E-state index in [1.807, 2.05) is 24.3 Å². The lowest BCUT2D eigenvalue weighted by atomic mass is 9.99. The van der Waals surface area contributed by atoms with Gasteiger partial charge in [-0.15, -0.1) is 0 Å². The van der Waals surface area contributed by atoms with E-state index in [-0.39, 0.29) is 0 Å². The fraction of sp³-hybridized carbons (Fsp3) is 0.294. The smallest absolute Gasteiger partial charge is 0.162 e. The van der Waals surface area contributed by atoms with Gasteiger partial charge in [-0.3, -0.25) is 0 Å². The van der Waals surface area contributed by atoms with Crippen molar-refractivity contribution in [2.24, 2.45) is 0 Å². The highest BCUT2D eigenvalue weighted by atomic mass is 35.5. The molecule has 3 rings (SSSR count). The topological polar surface area (TPSA) is 38.7 Å². The highest BCUT2D eigenvalue weighted by molar-refractivity contribution is 6.31. The van der Waals surface area contributed by atoms with Gasteiger partial charge in [0.15, 0.2) is 11.5 Å². The number of aryl methyl sites for hydroxylation is 1. The molecule has 21 heavy (non-hydrogen) atoms. The van der Waals surface area contributed by atoms with Gasteiger partial charge in [0.1, 0.15) is 19.3 Å². The molecule has 0 saturated carbocycles. The van der Waals surface area contributed by atoms with Crippen molar-refractivity contribution >= 4 is 11.6 Å². The van der Waals surface area contributed by atoms with Gasteiger partial charge < -0.3 is 14.6 Å². The Morgan fingerprint density at radius 2 is 1.71 bits per heavy atom. The van der Waals surface area contributed by atoms with E-state index in [9.17, 15) is 5.11 Å². The van der Waals surface area contributed by atoms with Gasteiger partial charge in [-0.1, -0.05) is 42.8 Å². The molecule has 3 nitrogen and oxygen atoms in total. The lowest BCUT2D eigenvalue weighted by Crippen LogP contribution is -2.16. The van der Waals surface area contributed by atoms with E-state index in [1.54, 1.807) is 12.1 Å². The second kappa shape index (κ2) is 5.96. The molecule has 1 unspecified atom stereocenters. The van der Waals surface area contributed by atoms with Crippen LogP contribution in [0.2, 0.25) is 5.02 Å². The van der Waals surface area contributed by atoms with Crippen LogP contribution in [0.25, 0.3) is 0 Å². The molecule has 0 aromatic heterocycles. The Bertz CT molecular complexity index is 637. The number of ether oxygens (including phenoxy) is 2.